The van der Waals surface area contributed by atoms with Gasteiger partial charge in [0.05, 0.1) is 6.04 Å². The molecule has 4 nitrogen and oxygen atoms in total. The molecule has 2 aromatic rings. The molecular weight excluding hydrogens is 378 g/mol. The average Bonchev–Trinajstić information content (AvgIpc) is 3.27. The van der Waals surface area contributed by atoms with E-state index in [2.05, 4.69) is 62.3 Å². The van der Waals surface area contributed by atoms with E-state index in [0.717, 1.165) is 38.9 Å². The zero-order valence-electron chi connectivity index (χ0n) is 17.0. The Morgan fingerprint density at radius 1 is 1.00 bits per heavy atom. The Hall–Kier alpha value is -1.85. The van der Waals surface area contributed by atoms with Crippen LogP contribution in [0.15, 0.2) is 47.2 Å². The van der Waals surface area contributed by atoms with Crippen molar-refractivity contribution in [2.75, 3.05) is 13.1 Å². The number of nitrogens with zero attached hydrogens (tertiary/aromatic N) is 2. The second-order valence-corrected chi connectivity index (χ2v) is 9.69. The smallest absolute Gasteiger partial charge is 0.318 e. The van der Waals surface area contributed by atoms with E-state index in [4.69, 9.17) is 0 Å². The first-order valence-electron chi connectivity index (χ1n) is 11.2. The van der Waals surface area contributed by atoms with Crippen molar-refractivity contribution in [3.8, 4) is 0 Å². The lowest BCUT2D eigenvalue weighted by atomic mass is 9.74. The van der Waals surface area contributed by atoms with E-state index in [9.17, 15) is 4.79 Å². The van der Waals surface area contributed by atoms with E-state index in [0.29, 0.717) is 18.0 Å². The first-order chi connectivity index (χ1) is 14.3. The molecule has 1 aromatic heterocycles. The number of hydrogen-bond donors (Lipinski definition) is 1. The van der Waals surface area contributed by atoms with Crippen molar-refractivity contribution in [2.24, 2.45) is 5.92 Å². The Bertz CT molecular complexity index is 801. The topological polar surface area (TPSA) is 35.6 Å². The molecular formula is C24H31N3OS. The summed E-state index contributed by atoms with van der Waals surface area (Å²) in [7, 11) is 0. The lowest BCUT2D eigenvalue weighted by Gasteiger charge is -2.52. The van der Waals surface area contributed by atoms with Crippen LogP contribution in [0.4, 0.5) is 4.79 Å². The van der Waals surface area contributed by atoms with Gasteiger partial charge in [0.15, 0.2) is 0 Å². The Balaban J connectivity index is 1.35. The minimum Gasteiger partial charge on any atom is -0.335 e. The van der Waals surface area contributed by atoms with Crippen LogP contribution in [-0.4, -0.2) is 41.0 Å². The molecule has 1 N–H and O–H groups in total. The Morgan fingerprint density at radius 2 is 1.79 bits per heavy atom. The van der Waals surface area contributed by atoms with Gasteiger partial charge in [-0.05, 0) is 53.6 Å². The molecule has 3 aliphatic rings. The Morgan fingerprint density at radius 3 is 2.55 bits per heavy atom. The normalized spacial score (nSPS) is 28.8. The lowest BCUT2D eigenvalue weighted by Crippen LogP contribution is -2.62. The van der Waals surface area contributed by atoms with Gasteiger partial charge in [-0.25, -0.2) is 4.79 Å². The Kier molecular flexibility index (Phi) is 5.60. The third kappa shape index (κ3) is 3.95. The van der Waals surface area contributed by atoms with Gasteiger partial charge < -0.3 is 10.2 Å². The molecule has 2 saturated heterocycles. The Labute approximate surface area is 177 Å². The number of fused-ring (bicyclic) bond motifs is 1. The van der Waals surface area contributed by atoms with E-state index in [1.807, 2.05) is 0 Å². The van der Waals surface area contributed by atoms with Gasteiger partial charge in [-0.2, -0.15) is 11.3 Å². The summed E-state index contributed by atoms with van der Waals surface area (Å²) in [6.07, 6.45) is 7.01. The van der Waals surface area contributed by atoms with Crippen LogP contribution in [0.1, 0.15) is 55.7 Å². The van der Waals surface area contributed by atoms with Crippen LogP contribution in [0.25, 0.3) is 0 Å². The number of piperidine rings is 1. The number of urea groups is 1. The monoisotopic (exact) mass is 409 g/mol. The molecule has 5 rings (SSSR count). The number of likely N-dealkylation sites (tertiary alicyclic amines) is 1. The molecule has 29 heavy (non-hydrogen) atoms. The zero-order chi connectivity index (χ0) is 19.6. The highest BCUT2D eigenvalue weighted by Crippen LogP contribution is 2.43. The molecule has 1 saturated carbocycles. The number of amides is 2. The summed E-state index contributed by atoms with van der Waals surface area (Å²) in [4.78, 5) is 18.1. The first kappa shape index (κ1) is 19.1. The van der Waals surface area contributed by atoms with Crippen molar-refractivity contribution in [3.63, 3.8) is 0 Å². The fourth-order valence-electron chi connectivity index (χ4n) is 5.73. The standard InChI is InChI=1S/C24H31N3OS/c28-24-25-22-9-5-4-8-21(22)23(19-6-2-1-3-7-19)27(24)20-10-13-26(14-11-20)16-18-12-15-29-17-18/h1-3,6-7,12,15,17,20-23H,4-5,8-11,13-14,16H2,(H,25,28). The van der Waals surface area contributed by atoms with Gasteiger partial charge in [0.25, 0.3) is 0 Å². The second kappa shape index (κ2) is 8.49. The summed E-state index contributed by atoms with van der Waals surface area (Å²) in [5.74, 6) is 0.535. The summed E-state index contributed by atoms with van der Waals surface area (Å²) in [6, 6.07) is 14.1. The van der Waals surface area contributed by atoms with Gasteiger partial charge in [0.2, 0.25) is 0 Å². The molecule has 5 heteroatoms. The maximum Gasteiger partial charge on any atom is 0.318 e. The molecule has 3 heterocycles. The summed E-state index contributed by atoms with van der Waals surface area (Å²) < 4.78 is 0. The number of thiophene rings is 1. The van der Waals surface area contributed by atoms with E-state index in [1.54, 1.807) is 11.3 Å². The van der Waals surface area contributed by atoms with Crippen molar-refractivity contribution in [1.82, 2.24) is 15.1 Å². The van der Waals surface area contributed by atoms with Crippen molar-refractivity contribution in [1.29, 1.82) is 0 Å². The number of carbonyl (C=O) groups is 1. The van der Waals surface area contributed by atoms with Crippen LogP contribution in [0, 0.1) is 5.92 Å². The largest absolute Gasteiger partial charge is 0.335 e. The molecule has 154 valence electrons. The van der Waals surface area contributed by atoms with E-state index >= 15 is 0 Å². The fraction of sp³-hybridized carbons (Fsp3) is 0.542. The lowest BCUT2D eigenvalue weighted by molar-refractivity contribution is 0.0268. The number of nitrogens with one attached hydrogen (secondary N) is 1. The number of rotatable bonds is 4. The van der Waals surface area contributed by atoms with E-state index < -0.39 is 0 Å². The molecule has 2 amide bonds. The van der Waals surface area contributed by atoms with Crippen LogP contribution in [0.5, 0.6) is 0 Å². The van der Waals surface area contributed by atoms with Crippen LogP contribution in [-0.2, 0) is 6.54 Å². The van der Waals surface area contributed by atoms with Crippen LogP contribution in [0.2, 0.25) is 0 Å². The number of benzene rings is 1. The molecule has 1 aromatic carbocycles. The molecule has 0 bridgehead atoms. The van der Waals surface area contributed by atoms with Gasteiger partial charge in [0.1, 0.15) is 0 Å². The summed E-state index contributed by atoms with van der Waals surface area (Å²) in [5.41, 5.74) is 2.73. The highest BCUT2D eigenvalue weighted by Gasteiger charge is 2.46. The molecule has 0 radical (unpaired) electrons. The van der Waals surface area contributed by atoms with Crippen LogP contribution in [0.3, 0.4) is 0 Å². The molecule has 3 fully saturated rings. The SMILES string of the molecule is O=C1NC2CCCCC2C(c2ccccc2)N1C1CCN(Cc2ccsc2)CC1. The summed E-state index contributed by atoms with van der Waals surface area (Å²) >= 11 is 1.77. The summed E-state index contributed by atoms with van der Waals surface area (Å²) in [5, 5.41) is 7.79. The summed E-state index contributed by atoms with van der Waals surface area (Å²) in [6.45, 7) is 3.18. The molecule has 1 aliphatic carbocycles. The van der Waals surface area contributed by atoms with Crippen molar-refractivity contribution >= 4 is 17.4 Å². The molecule has 2 aliphatic heterocycles. The molecule has 3 unspecified atom stereocenters. The predicted molar refractivity (Wildman–Crippen MR) is 118 cm³/mol. The van der Waals surface area contributed by atoms with Crippen molar-refractivity contribution in [3.05, 3.63) is 58.3 Å². The predicted octanol–water partition coefficient (Wildman–Crippen LogP) is 5.04. The number of carbonyl (C=O) groups excluding carboxylic acids is 1. The van der Waals surface area contributed by atoms with Gasteiger partial charge >= 0.3 is 6.03 Å². The van der Waals surface area contributed by atoms with Crippen molar-refractivity contribution in [2.45, 2.75) is 63.2 Å². The fourth-order valence-corrected chi connectivity index (χ4v) is 6.39. The second-order valence-electron chi connectivity index (χ2n) is 8.91. The van der Waals surface area contributed by atoms with E-state index in [-0.39, 0.29) is 12.1 Å². The quantitative estimate of drug-likeness (QED) is 0.768. The molecule has 3 atom stereocenters. The third-order valence-corrected chi connectivity index (χ3v) is 7.88. The van der Waals surface area contributed by atoms with Gasteiger partial charge in [0, 0.05) is 37.6 Å². The maximum absolute atomic E-state index is 13.3. The van der Waals surface area contributed by atoms with Crippen LogP contribution >= 0.6 is 11.3 Å². The number of hydrogen-bond acceptors (Lipinski definition) is 3. The van der Waals surface area contributed by atoms with Gasteiger partial charge in [-0.1, -0.05) is 43.2 Å². The molecule has 0 spiro atoms. The van der Waals surface area contributed by atoms with Gasteiger partial charge in [-0.15, -0.1) is 0 Å². The third-order valence-electron chi connectivity index (χ3n) is 7.15. The zero-order valence-corrected chi connectivity index (χ0v) is 17.8. The highest BCUT2D eigenvalue weighted by atomic mass is 32.1. The van der Waals surface area contributed by atoms with Crippen LogP contribution < -0.4 is 5.32 Å². The average molecular weight is 410 g/mol. The van der Waals surface area contributed by atoms with Crippen molar-refractivity contribution < 1.29 is 4.79 Å². The first-order valence-corrected chi connectivity index (χ1v) is 12.1. The van der Waals surface area contributed by atoms with E-state index in [1.165, 1.54) is 30.4 Å². The highest BCUT2D eigenvalue weighted by molar-refractivity contribution is 7.07. The van der Waals surface area contributed by atoms with Gasteiger partial charge in [-0.3, -0.25) is 4.90 Å². The minimum absolute atomic E-state index is 0.165. The maximum atomic E-state index is 13.3. The minimum atomic E-state index is 0.165.